The molecule has 1 aromatic carbocycles. The highest BCUT2D eigenvalue weighted by atomic mass is 19.1. The van der Waals surface area contributed by atoms with Crippen LogP contribution in [-0.2, 0) is 4.74 Å². The number of hydrogen-bond acceptors (Lipinski definition) is 6. The van der Waals surface area contributed by atoms with Crippen LogP contribution < -0.4 is 5.32 Å². The minimum absolute atomic E-state index is 0.0170. The van der Waals surface area contributed by atoms with Gasteiger partial charge in [-0.25, -0.2) is 28.1 Å². The van der Waals surface area contributed by atoms with Gasteiger partial charge in [0.25, 0.3) is 0 Å². The number of halogens is 3. The molecule has 3 atom stereocenters. The molecule has 2 aliphatic heterocycles. The quantitative estimate of drug-likeness (QED) is 0.521. The third-order valence-electron chi connectivity index (χ3n) is 6.98. The summed E-state index contributed by atoms with van der Waals surface area (Å²) in [5, 5.41) is 7.74. The van der Waals surface area contributed by atoms with Gasteiger partial charge in [0.15, 0.2) is 5.82 Å². The number of aromatic nitrogens is 4. The molecule has 4 heterocycles. The number of fused-ring (bicyclic) bond motifs is 1. The van der Waals surface area contributed by atoms with E-state index in [1.807, 2.05) is 30.9 Å². The summed E-state index contributed by atoms with van der Waals surface area (Å²) in [6.07, 6.45) is 7.27. The van der Waals surface area contributed by atoms with Crippen LogP contribution in [0.5, 0.6) is 0 Å². The zero-order chi connectivity index (χ0) is 24.3. The third-order valence-corrected chi connectivity index (χ3v) is 6.98. The molecule has 3 aromatic rings. The van der Waals surface area contributed by atoms with E-state index in [1.54, 1.807) is 0 Å². The Kier molecular flexibility index (Phi) is 5.36. The molecule has 6 rings (SSSR count). The van der Waals surface area contributed by atoms with Crippen LogP contribution in [0.3, 0.4) is 0 Å². The Labute approximate surface area is 200 Å². The Hall–Kier alpha value is -3.27. The lowest BCUT2D eigenvalue weighted by Gasteiger charge is -2.30. The smallest absolute Gasteiger partial charge is 0.156 e. The van der Waals surface area contributed by atoms with Crippen LogP contribution in [0, 0.1) is 17.5 Å². The molecule has 0 amide bonds. The topological polar surface area (TPSA) is 77.2 Å². The number of benzene rings is 1. The van der Waals surface area contributed by atoms with Crippen molar-refractivity contribution in [3.63, 3.8) is 0 Å². The van der Waals surface area contributed by atoms with E-state index < -0.39 is 23.0 Å². The Morgan fingerprint density at radius 2 is 1.86 bits per heavy atom. The molecule has 0 radical (unpaired) electrons. The minimum atomic E-state index is -1.03. The Morgan fingerprint density at radius 1 is 1.09 bits per heavy atom. The van der Waals surface area contributed by atoms with Gasteiger partial charge in [-0.15, -0.1) is 0 Å². The van der Waals surface area contributed by atoms with Gasteiger partial charge in [-0.3, -0.25) is 4.68 Å². The maximum absolute atomic E-state index is 14.8. The van der Waals surface area contributed by atoms with E-state index in [1.165, 1.54) is 0 Å². The zero-order valence-electron chi connectivity index (χ0n) is 19.4. The van der Waals surface area contributed by atoms with Crippen molar-refractivity contribution in [2.24, 2.45) is 4.99 Å². The molecule has 3 aliphatic rings. The number of anilines is 1. The van der Waals surface area contributed by atoms with Gasteiger partial charge in [0.2, 0.25) is 0 Å². The summed E-state index contributed by atoms with van der Waals surface area (Å²) in [7, 11) is 0. The highest BCUT2D eigenvalue weighted by Crippen LogP contribution is 2.43. The second-order valence-corrected chi connectivity index (χ2v) is 9.56. The predicted octanol–water partition coefficient (Wildman–Crippen LogP) is 5.63. The van der Waals surface area contributed by atoms with Crippen molar-refractivity contribution in [1.82, 2.24) is 19.7 Å². The monoisotopic (exact) mass is 482 g/mol. The van der Waals surface area contributed by atoms with Crippen molar-refractivity contribution < 1.29 is 17.9 Å². The average Bonchev–Trinajstić information content (AvgIpc) is 3.55. The maximum Gasteiger partial charge on any atom is 0.156 e. The lowest BCUT2D eigenvalue weighted by Crippen LogP contribution is -2.28. The Bertz CT molecular complexity index is 1310. The molecule has 1 N–H and O–H groups in total. The number of rotatable bonds is 4. The molecule has 2 fully saturated rings. The van der Waals surface area contributed by atoms with Gasteiger partial charge in [0, 0.05) is 42.1 Å². The van der Waals surface area contributed by atoms with Crippen molar-refractivity contribution >= 4 is 17.2 Å². The summed E-state index contributed by atoms with van der Waals surface area (Å²) < 4.78 is 51.3. The van der Waals surface area contributed by atoms with Crippen LogP contribution in [0.4, 0.5) is 24.7 Å². The van der Waals surface area contributed by atoms with E-state index in [4.69, 9.17) is 9.72 Å². The zero-order valence-corrected chi connectivity index (χ0v) is 19.4. The van der Waals surface area contributed by atoms with Crippen LogP contribution in [0.25, 0.3) is 11.3 Å². The summed E-state index contributed by atoms with van der Waals surface area (Å²) in [4.78, 5) is 13.9. The fourth-order valence-corrected chi connectivity index (χ4v) is 4.71. The summed E-state index contributed by atoms with van der Waals surface area (Å²) in [6, 6.07) is 1.69. The van der Waals surface area contributed by atoms with Crippen LogP contribution in [0.15, 0.2) is 29.5 Å². The van der Waals surface area contributed by atoms with Gasteiger partial charge in [-0.2, -0.15) is 5.10 Å². The SMILES string of the molecule is CC1=Nc2c(nc(C3CCO[C@@H](c4cnn(C5CC5)c4)C3)nc2-c2c(F)cc(F)cc2F)NC1C. The molecule has 1 saturated heterocycles. The molecular weight excluding hydrogens is 457 g/mol. The van der Waals surface area contributed by atoms with Gasteiger partial charge < -0.3 is 10.1 Å². The predicted molar refractivity (Wildman–Crippen MR) is 124 cm³/mol. The third kappa shape index (κ3) is 4.09. The summed E-state index contributed by atoms with van der Waals surface area (Å²) >= 11 is 0. The first kappa shape index (κ1) is 22.2. The fourth-order valence-electron chi connectivity index (χ4n) is 4.71. The van der Waals surface area contributed by atoms with E-state index >= 15 is 0 Å². The molecular formula is C25H25F3N6O. The van der Waals surface area contributed by atoms with Crippen molar-refractivity contribution in [3.8, 4) is 11.3 Å². The molecule has 2 unspecified atom stereocenters. The molecule has 10 heteroatoms. The second kappa shape index (κ2) is 8.44. The highest BCUT2D eigenvalue weighted by Gasteiger charge is 2.33. The standard InChI is InChI=1S/C25H25F3N6O/c1-12-13(2)31-25-23(30-12)22(21-18(27)8-16(26)9-19(21)28)32-24(33-25)14-5-6-35-20(7-14)15-10-29-34(11-15)17-3-4-17/h8-11,13-14,17,20H,3-7H2,1-2H3,(H,31,32,33)/t13?,14?,20-/m1/s1. The molecule has 1 aliphatic carbocycles. The molecule has 0 spiro atoms. The van der Waals surface area contributed by atoms with Crippen LogP contribution in [-0.4, -0.2) is 38.1 Å². The normalized spacial score (nSPS) is 24.0. The van der Waals surface area contributed by atoms with Crippen molar-refractivity contribution in [2.75, 3.05) is 11.9 Å². The van der Waals surface area contributed by atoms with E-state index in [2.05, 4.69) is 20.4 Å². The minimum Gasteiger partial charge on any atom is -0.373 e. The lowest BCUT2D eigenvalue weighted by atomic mass is 9.92. The number of nitrogens with one attached hydrogen (secondary N) is 1. The van der Waals surface area contributed by atoms with Crippen molar-refractivity contribution in [1.29, 1.82) is 0 Å². The van der Waals surface area contributed by atoms with Crippen LogP contribution in [0.1, 0.15) is 69.0 Å². The number of nitrogens with zero attached hydrogens (tertiary/aromatic N) is 5. The number of aliphatic imine (C=N–C) groups is 1. The van der Waals surface area contributed by atoms with E-state index in [9.17, 15) is 13.2 Å². The second-order valence-electron chi connectivity index (χ2n) is 9.56. The summed E-state index contributed by atoms with van der Waals surface area (Å²) in [5.74, 6) is -2.28. The lowest BCUT2D eigenvalue weighted by molar-refractivity contribution is 0.00394. The number of hydrogen-bond donors (Lipinski definition) is 1. The van der Waals surface area contributed by atoms with Gasteiger partial charge in [0.05, 0.1) is 29.9 Å². The molecule has 1 saturated carbocycles. The van der Waals surface area contributed by atoms with Gasteiger partial charge in [0.1, 0.15) is 34.7 Å². The van der Waals surface area contributed by atoms with Gasteiger partial charge in [-0.1, -0.05) is 0 Å². The Morgan fingerprint density at radius 3 is 2.60 bits per heavy atom. The highest BCUT2D eigenvalue weighted by molar-refractivity contribution is 5.98. The molecule has 2 aromatic heterocycles. The fraction of sp³-hybridized carbons (Fsp3) is 0.440. The largest absolute Gasteiger partial charge is 0.373 e. The maximum atomic E-state index is 14.8. The first-order valence-electron chi connectivity index (χ1n) is 11.9. The molecule has 7 nitrogen and oxygen atoms in total. The molecule has 182 valence electrons. The summed E-state index contributed by atoms with van der Waals surface area (Å²) in [6.45, 7) is 4.25. The first-order valence-corrected chi connectivity index (χ1v) is 11.9. The molecule has 0 bridgehead atoms. The number of ether oxygens (including phenoxy) is 1. The van der Waals surface area contributed by atoms with E-state index in [0.29, 0.717) is 49.3 Å². The first-order chi connectivity index (χ1) is 16.9. The van der Waals surface area contributed by atoms with Gasteiger partial charge >= 0.3 is 0 Å². The average molecular weight is 483 g/mol. The van der Waals surface area contributed by atoms with Gasteiger partial charge in [-0.05, 0) is 39.5 Å². The van der Waals surface area contributed by atoms with Crippen molar-refractivity contribution in [2.45, 2.75) is 63.6 Å². The van der Waals surface area contributed by atoms with E-state index in [-0.39, 0.29) is 29.4 Å². The van der Waals surface area contributed by atoms with Crippen LogP contribution in [0.2, 0.25) is 0 Å². The molecule has 35 heavy (non-hydrogen) atoms. The van der Waals surface area contributed by atoms with Crippen molar-refractivity contribution in [3.05, 3.63) is 53.4 Å². The van der Waals surface area contributed by atoms with Crippen LogP contribution >= 0.6 is 0 Å². The van der Waals surface area contributed by atoms with E-state index in [0.717, 1.165) is 24.1 Å². The summed E-state index contributed by atoms with van der Waals surface area (Å²) in [5.41, 5.74) is 1.60. The Balaban J connectivity index is 1.40.